The molecule has 78 valence electrons. The smallest absolute Gasteiger partial charge is 0.228 e. The van der Waals surface area contributed by atoms with Crippen LogP contribution in [0.1, 0.15) is 20.3 Å². The molecular formula is C8H13ClN4S. The Morgan fingerprint density at radius 3 is 2.71 bits per heavy atom. The quantitative estimate of drug-likeness (QED) is 0.807. The van der Waals surface area contributed by atoms with Gasteiger partial charge in [0.2, 0.25) is 11.2 Å². The summed E-state index contributed by atoms with van der Waals surface area (Å²) < 4.78 is 0. The van der Waals surface area contributed by atoms with Crippen molar-refractivity contribution in [1.82, 2.24) is 15.0 Å². The molecule has 0 fully saturated rings. The van der Waals surface area contributed by atoms with E-state index in [1.807, 2.05) is 0 Å². The van der Waals surface area contributed by atoms with Crippen LogP contribution >= 0.6 is 23.4 Å². The van der Waals surface area contributed by atoms with Gasteiger partial charge < -0.3 is 5.73 Å². The molecule has 1 rings (SSSR count). The van der Waals surface area contributed by atoms with Crippen molar-refractivity contribution < 1.29 is 0 Å². The molecule has 0 saturated carbocycles. The zero-order valence-electron chi connectivity index (χ0n) is 8.20. The van der Waals surface area contributed by atoms with Crippen molar-refractivity contribution in [2.75, 3.05) is 11.5 Å². The fourth-order valence-electron chi connectivity index (χ4n) is 0.746. The Morgan fingerprint density at radius 2 is 2.14 bits per heavy atom. The molecule has 1 atom stereocenters. The van der Waals surface area contributed by atoms with Crippen molar-refractivity contribution >= 4 is 29.3 Å². The standard InChI is InChI=1S/C8H13ClN4S/c1-3-5(2)4-14-8-12-6(9)11-7(10)13-8/h5H,3-4H2,1-2H3,(H2,10,11,12,13). The van der Waals surface area contributed by atoms with E-state index in [2.05, 4.69) is 28.8 Å². The second-order valence-corrected chi connectivity index (χ2v) is 4.39. The fourth-order valence-corrected chi connectivity index (χ4v) is 1.94. The molecule has 0 aliphatic carbocycles. The van der Waals surface area contributed by atoms with Crippen LogP contribution in [0.25, 0.3) is 0 Å². The van der Waals surface area contributed by atoms with E-state index in [0.29, 0.717) is 11.1 Å². The van der Waals surface area contributed by atoms with Crippen LogP contribution in [0.3, 0.4) is 0 Å². The highest BCUT2D eigenvalue weighted by molar-refractivity contribution is 7.99. The van der Waals surface area contributed by atoms with Gasteiger partial charge in [0.25, 0.3) is 0 Å². The van der Waals surface area contributed by atoms with Crippen LogP contribution in [0.4, 0.5) is 5.95 Å². The molecule has 4 nitrogen and oxygen atoms in total. The minimum Gasteiger partial charge on any atom is -0.368 e. The van der Waals surface area contributed by atoms with Gasteiger partial charge in [-0.3, -0.25) is 0 Å². The SMILES string of the molecule is CCC(C)CSc1nc(N)nc(Cl)n1. The second kappa shape index (κ2) is 5.36. The molecule has 6 heteroatoms. The molecule has 0 amide bonds. The molecule has 0 aliphatic heterocycles. The summed E-state index contributed by atoms with van der Waals surface area (Å²) in [6.07, 6.45) is 1.14. The summed E-state index contributed by atoms with van der Waals surface area (Å²) in [6.45, 7) is 4.33. The Kier molecular flexibility index (Phi) is 4.41. The van der Waals surface area contributed by atoms with E-state index in [9.17, 15) is 0 Å². The van der Waals surface area contributed by atoms with Crippen LogP contribution in [-0.4, -0.2) is 20.7 Å². The van der Waals surface area contributed by atoms with Gasteiger partial charge in [-0.05, 0) is 17.5 Å². The van der Waals surface area contributed by atoms with E-state index in [0.717, 1.165) is 12.2 Å². The Hall–Kier alpha value is -0.550. The largest absolute Gasteiger partial charge is 0.368 e. The van der Waals surface area contributed by atoms with Gasteiger partial charge >= 0.3 is 0 Å². The van der Waals surface area contributed by atoms with Crippen molar-refractivity contribution in [3.63, 3.8) is 0 Å². The van der Waals surface area contributed by atoms with Crippen LogP contribution in [-0.2, 0) is 0 Å². The Balaban J connectivity index is 2.58. The van der Waals surface area contributed by atoms with E-state index in [-0.39, 0.29) is 11.2 Å². The summed E-state index contributed by atoms with van der Waals surface area (Å²) in [5.74, 6) is 1.78. The molecule has 0 bridgehead atoms. The molecular weight excluding hydrogens is 220 g/mol. The zero-order valence-corrected chi connectivity index (χ0v) is 9.77. The van der Waals surface area contributed by atoms with Crippen molar-refractivity contribution in [2.24, 2.45) is 5.92 Å². The predicted molar refractivity (Wildman–Crippen MR) is 59.4 cm³/mol. The van der Waals surface area contributed by atoms with Gasteiger partial charge in [-0.25, -0.2) is 0 Å². The molecule has 0 spiro atoms. The molecule has 1 heterocycles. The lowest BCUT2D eigenvalue weighted by Gasteiger charge is -2.06. The summed E-state index contributed by atoms with van der Waals surface area (Å²) in [4.78, 5) is 11.6. The normalized spacial score (nSPS) is 12.8. The number of nitrogen functional groups attached to an aromatic ring is 1. The molecule has 1 unspecified atom stereocenters. The number of nitrogens with zero attached hydrogens (tertiary/aromatic N) is 3. The third kappa shape index (κ3) is 3.67. The highest BCUT2D eigenvalue weighted by atomic mass is 35.5. The van der Waals surface area contributed by atoms with Crippen molar-refractivity contribution in [3.8, 4) is 0 Å². The first-order valence-electron chi connectivity index (χ1n) is 4.41. The lowest BCUT2D eigenvalue weighted by atomic mass is 10.2. The first-order valence-corrected chi connectivity index (χ1v) is 5.78. The predicted octanol–water partition coefficient (Wildman–Crippen LogP) is 2.25. The Labute approximate surface area is 92.7 Å². The van der Waals surface area contributed by atoms with Crippen LogP contribution in [0.15, 0.2) is 5.16 Å². The van der Waals surface area contributed by atoms with Crippen molar-refractivity contribution in [3.05, 3.63) is 5.28 Å². The number of thioether (sulfide) groups is 1. The second-order valence-electron chi connectivity index (χ2n) is 3.07. The monoisotopic (exact) mass is 232 g/mol. The van der Waals surface area contributed by atoms with E-state index in [1.165, 1.54) is 0 Å². The lowest BCUT2D eigenvalue weighted by molar-refractivity contribution is 0.636. The minimum atomic E-state index is 0.157. The third-order valence-corrected chi connectivity index (χ3v) is 3.14. The Bertz CT molecular complexity index is 287. The van der Waals surface area contributed by atoms with Gasteiger partial charge in [0.05, 0.1) is 0 Å². The van der Waals surface area contributed by atoms with E-state index in [4.69, 9.17) is 17.3 Å². The summed E-state index contributed by atoms with van der Waals surface area (Å²) >= 11 is 7.20. The highest BCUT2D eigenvalue weighted by Gasteiger charge is 2.05. The maximum Gasteiger partial charge on any atom is 0.228 e. The molecule has 1 aromatic rings. The van der Waals surface area contributed by atoms with Gasteiger partial charge in [0, 0.05) is 5.75 Å². The van der Waals surface area contributed by atoms with Gasteiger partial charge in [-0.1, -0.05) is 32.0 Å². The highest BCUT2D eigenvalue weighted by Crippen LogP contribution is 2.19. The molecule has 0 saturated heterocycles. The molecule has 1 aromatic heterocycles. The summed E-state index contributed by atoms with van der Waals surface area (Å²) in [5, 5.41) is 0.756. The molecule has 0 aromatic carbocycles. The average molecular weight is 233 g/mol. The average Bonchev–Trinajstić information content (AvgIpc) is 2.12. The third-order valence-electron chi connectivity index (χ3n) is 1.80. The van der Waals surface area contributed by atoms with E-state index in [1.54, 1.807) is 11.8 Å². The van der Waals surface area contributed by atoms with Crippen LogP contribution in [0.2, 0.25) is 5.28 Å². The molecule has 0 radical (unpaired) electrons. The van der Waals surface area contributed by atoms with E-state index < -0.39 is 0 Å². The summed E-state index contributed by atoms with van der Waals surface area (Å²) in [6, 6.07) is 0. The molecule has 0 aliphatic rings. The number of hydrogen-bond acceptors (Lipinski definition) is 5. The number of nitrogens with two attached hydrogens (primary N) is 1. The summed E-state index contributed by atoms with van der Waals surface area (Å²) in [5.41, 5.74) is 5.44. The van der Waals surface area contributed by atoms with Crippen molar-refractivity contribution in [1.29, 1.82) is 0 Å². The maximum absolute atomic E-state index is 5.64. The van der Waals surface area contributed by atoms with Gasteiger partial charge in [-0.15, -0.1) is 0 Å². The maximum atomic E-state index is 5.64. The topological polar surface area (TPSA) is 64.7 Å². The van der Waals surface area contributed by atoms with Crippen LogP contribution < -0.4 is 5.73 Å². The van der Waals surface area contributed by atoms with Crippen LogP contribution in [0.5, 0.6) is 0 Å². The number of halogens is 1. The fraction of sp³-hybridized carbons (Fsp3) is 0.625. The van der Waals surface area contributed by atoms with Crippen molar-refractivity contribution in [2.45, 2.75) is 25.4 Å². The molecule has 2 N–H and O–H groups in total. The number of aromatic nitrogens is 3. The molecule has 14 heavy (non-hydrogen) atoms. The Morgan fingerprint density at radius 1 is 1.43 bits per heavy atom. The van der Waals surface area contributed by atoms with Gasteiger partial charge in [-0.2, -0.15) is 15.0 Å². The number of hydrogen-bond donors (Lipinski definition) is 1. The lowest BCUT2D eigenvalue weighted by Crippen LogP contribution is -2.01. The zero-order chi connectivity index (χ0) is 10.6. The van der Waals surface area contributed by atoms with Gasteiger partial charge in [0.15, 0.2) is 5.16 Å². The first kappa shape index (κ1) is 11.5. The first-order chi connectivity index (χ1) is 6.61. The number of rotatable bonds is 4. The van der Waals surface area contributed by atoms with Crippen LogP contribution in [0, 0.1) is 5.92 Å². The summed E-state index contributed by atoms with van der Waals surface area (Å²) in [7, 11) is 0. The van der Waals surface area contributed by atoms with Gasteiger partial charge in [0.1, 0.15) is 0 Å². The van der Waals surface area contributed by atoms with E-state index >= 15 is 0 Å². The minimum absolute atomic E-state index is 0.157. The number of anilines is 1.